The molecule has 12 heteroatoms. The number of aromatic hydroxyl groups is 4. The van der Waals surface area contributed by atoms with Gasteiger partial charge in [0.2, 0.25) is 6.29 Å². The zero-order chi connectivity index (χ0) is 26.4. The number of benzene rings is 2. The van der Waals surface area contributed by atoms with E-state index < -0.39 is 60.8 Å². The van der Waals surface area contributed by atoms with E-state index in [9.17, 15) is 45.3 Å². The van der Waals surface area contributed by atoms with E-state index in [1.807, 2.05) is 0 Å². The molecule has 1 fully saturated rings. The highest BCUT2D eigenvalue weighted by Gasteiger charge is 2.48. The number of phenolic OH excluding ortho intramolecular Hbond substituents is 4. The number of hydrogen-bond donors (Lipinski definition) is 7. The lowest BCUT2D eigenvalue weighted by Crippen LogP contribution is -2.60. The van der Waals surface area contributed by atoms with E-state index in [4.69, 9.17) is 14.2 Å². The van der Waals surface area contributed by atoms with Gasteiger partial charge in [0, 0.05) is 12.2 Å². The average molecular weight is 504 g/mol. The minimum atomic E-state index is -1.79. The first-order chi connectivity index (χ1) is 17.1. The van der Waals surface area contributed by atoms with Gasteiger partial charge in [0.25, 0.3) is 0 Å². The standard InChI is InChI=1S/C24H24O12/c25-11-18-21(32)22(33)23(35-19(30)7-3-12-1-5-14(26)16(28)9-12)24(34-18)36-20(31)8-4-13-2-6-15(27)17(29)10-13/h1-10,18,21-29,32-33H,11H2/b7-3+,8-4+/t18-,21-,22+,23-,24+/m1/s1. The lowest BCUT2D eigenvalue weighted by molar-refractivity contribution is -0.293. The Morgan fingerprint density at radius 3 is 1.75 bits per heavy atom. The average Bonchev–Trinajstić information content (AvgIpc) is 2.85. The van der Waals surface area contributed by atoms with Crippen LogP contribution in [0.4, 0.5) is 0 Å². The van der Waals surface area contributed by atoms with Crippen molar-refractivity contribution in [3.05, 3.63) is 59.7 Å². The van der Waals surface area contributed by atoms with E-state index in [2.05, 4.69) is 0 Å². The van der Waals surface area contributed by atoms with Gasteiger partial charge in [-0.3, -0.25) is 0 Å². The van der Waals surface area contributed by atoms with Crippen LogP contribution < -0.4 is 0 Å². The molecule has 1 aliphatic rings. The molecule has 1 heterocycles. The Kier molecular flexibility index (Phi) is 8.51. The third kappa shape index (κ3) is 6.52. The summed E-state index contributed by atoms with van der Waals surface area (Å²) in [5, 5.41) is 67.7. The molecule has 192 valence electrons. The second-order valence-corrected chi connectivity index (χ2v) is 7.71. The molecule has 36 heavy (non-hydrogen) atoms. The number of aliphatic hydroxyl groups is 3. The van der Waals surface area contributed by atoms with Crippen molar-refractivity contribution in [3.63, 3.8) is 0 Å². The molecule has 0 aromatic heterocycles. The van der Waals surface area contributed by atoms with Gasteiger partial charge < -0.3 is 50.0 Å². The molecule has 1 aliphatic heterocycles. The van der Waals surface area contributed by atoms with Crippen molar-refractivity contribution in [2.45, 2.75) is 30.7 Å². The van der Waals surface area contributed by atoms with Gasteiger partial charge in [-0.25, -0.2) is 9.59 Å². The van der Waals surface area contributed by atoms with E-state index in [1.165, 1.54) is 48.6 Å². The fourth-order valence-corrected chi connectivity index (χ4v) is 3.22. The van der Waals surface area contributed by atoms with Crippen LogP contribution in [0.15, 0.2) is 48.6 Å². The van der Waals surface area contributed by atoms with Crippen molar-refractivity contribution in [2.24, 2.45) is 0 Å². The van der Waals surface area contributed by atoms with E-state index in [1.54, 1.807) is 0 Å². The lowest BCUT2D eigenvalue weighted by atomic mass is 9.99. The van der Waals surface area contributed by atoms with Gasteiger partial charge in [-0.05, 0) is 47.5 Å². The SMILES string of the molecule is O=C(/C=C/c1ccc(O)c(O)c1)O[C@@H]1O[C@H](CO)[C@@H](O)[C@H](O)[C@H]1OC(=O)/C=C/c1ccc(O)c(O)c1. The van der Waals surface area contributed by atoms with Crippen LogP contribution in [0.3, 0.4) is 0 Å². The van der Waals surface area contributed by atoms with Gasteiger partial charge in [0.15, 0.2) is 29.1 Å². The summed E-state index contributed by atoms with van der Waals surface area (Å²) in [6, 6.07) is 7.57. The topological polar surface area (TPSA) is 203 Å². The molecule has 0 radical (unpaired) electrons. The normalized spacial score (nSPS) is 24.1. The number of rotatable bonds is 7. The highest BCUT2D eigenvalue weighted by atomic mass is 16.7. The maximum atomic E-state index is 12.3. The number of esters is 2. The number of carbonyl (C=O) groups excluding carboxylic acids is 2. The summed E-state index contributed by atoms with van der Waals surface area (Å²) in [4.78, 5) is 24.6. The summed E-state index contributed by atoms with van der Waals surface area (Å²) >= 11 is 0. The minimum absolute atomic E-state index is 0.330. The van der Waals surface area contributed by atoms with Crippen LogP contribution >= 0.6 is 0 Å². The number of ether oxygens (including phenoxy) is 3. The second-order valence-electron chi connectivity index (χ2n) is 7.71. The van der Waals surface area contributed by atoms with Crippen LogP contribution in [0.25, 0.3) is 12.2 Å². The molecule has 3 rings (SSSR count). The number of phenols is 4. The zero-order valence-corrected chi connectivity index (χ0v) is 18.5. The Morgan fingerprint density at radius 2 is 1.28 bits per heavy atom. The smallest absolute Gasteiger partial charge is 0.333 e. The maximum Gasteiger partial charge on any atom is 0.333 e. The lowest BCUT2D eigenvalue weighted by Gasteiger charge is -2.40. The summed E-state index contributed by atoms with van der Waals surface area (Å²) < 4.78 is 15.6. The quantitative estimate of drug-likeness (QED) is 0.153. The summed E-state index contributed by atoms with van der Waals surface area (Å²) in [7, 11) is 0. The molecule has 2 aromatic rings. The zero-order valence-electron chi connectivity index (χ0n) is 18.5. The Hall–Kier alpha value is -4.10. The third-order valence-electron chi connectivity index (χ3n) is 5.13. The van der Waals surface area contributed by atoms with Crippen molar-refractivity contribution in [2.75, 3.05) is 6.61 Å². The molecule has 12 nitrogen and oxygen atoms in total. The number of carbonyl (C=O) groups is 2. The van der Waals surface area contributed by atoms with Gasteiger partial charge >= 0.3 is 11.9 Å². The Labute approximate surface area is 204 Å². The molecule has 0 bridgehead atoms. The Morgan fingerprint density at radius 1 is 0.778 bits per heavy atom. The first-order valence-corrected chi connectivity index (χ1v) is 10.5. The summed E-state index contributed by atoms with van der Waals surface area (Å²) in [5.74, 6) is -3.57. The second kappa shape index (κ2) is 11.6. The monoisotopic (exact) mass is 504 g/mol. The van der Waals surface area contributed by atoms with Crippen molar-refractivity contribution in [1.82, 2.24) is 0 Å². The first-order valence-electron chi connectivity index (χ1n) is 10.5. The number of hydrogen-bond acceptors (Lipinski definition) is 12. The highest BCUT2D eigenvalue weighted by molar-refractivity contribution is 5.88. The van der Waals surface area contributed by atoms with E-state index in [0.717, 1.165) is 12.2 Å². The van der Waals surface area contributed by atoms with Crippen LogP contribution in [0.5, 0.6) is 23.0 Å². The van der Waals surface area contributed by atoms with E-state index in [0.29, 0.717) is 11.1 Å². The molecule has 0 saturated carbocycles. The van der Waals surface area contributed by atoms with E-state index in [-0.39, 0.29) is 11.5 Å². The van der Waals surface area contributed by atoms with Crippen LogP contribution in [-0.4, -0.2) is 85.0 Å². The van der Waals surface area contributed by atoms with Crippen LogP contribution in [0.1, 0.15) is 11.1 Å². The number of aliphatic hydroxyl groups excluding tert-OH is 3. The first kappa shape index (κ1) is 26.5. The molecule has 0 amide bonds. The molecular formula is C24H24O12. The van der Waals surface area contributed by atoms with Crippen molar-refractivity contribution in [1.29, 1.82) is 0 Å². The molecular weight excluding hydrogens is 480 g/mol. The van der Waals surface area contributed by atoms with Crippen molar-refractivity contribution >= 4 is 24.1 Å². The molecule has 1 saturated heterocycles. The Bertz CT molecular complexity index is 1160. The predicted octanol–water partition coefficient (Wildman–Crippen LogP) is 0.130. The molecule has 0 unspecified atom stereocenters. The van der Waals surface area contributed by atoms with Crippen LogP contribution in [0.2, 0.25) is 0 Å². The molecule has 7 N–H and O–H groups in total. The molecule has 0 aliphatic carbocycles. The Balaban J connectivity index is 1.72. The summed E-state index contributed by atoms with van der Waals surface area (Å²) in [5.41, 5.74) is 0.667. The van der Waals surface area contributed by atoms with Crippen molar-refractivity contribution in [3.8, 4) is 23.0 Å². The molecule has 2 aromatic carbocycles. The van der Waals surface area contributed by atoms with Crippen LogP contribution in [0, 0.1) is 0 Å². The van der Waals surface area contributed by atoms with Crippen molar-refractivity contribution < 1.29 is 59.5 Å². The van der Waals surface area contributed by atoms with Gasteiger partial charge in [0.05, 0.1) is 6.61 Å². The summed E-state index contributed by atoms with van der Waals surface area (Å²) in [6.07, 6.45) is -3.84. The van der Waals surface area contributed by atoms with Gasteiger partial charge in [-0.1, -0.05) is 12.1 Å². The van der Waals surface area contributed by atoms with Gasteiger partial charge in [0.1, 0.15) is 18.3 Å². The maximum absolute atomic E-state index is 12.3. The van der Waals surface area contributed by atoms with Gasteiger partial charge in [-0.2, -0.15) is 0 Å². The highest BCUT2D eigenvalue weighted by Crippen LogP contribution is 2.28. The predicted molar refractivity (Wildman–Crippen MR) is 121 cm³/mol. The van der Waals surface area contributed by atoms with Crippen LogP contribution in [-0.2, 0) is 23.8 Å². The fourth-order valence-electron chi connectivity index (χ4n) is 3.22. The summed E-state index contributed by atoms with van der Waals surface area (Å²) in [6.45, 7) is -0.736. The fraction of sp³-hybridized carbons (Fsp3) is 0.250. The molecule has 0 spiro atoms. The third-order valence-corrected chi connectivity index (χ3v) is 5.13. The minimum Gasteiger partial charge on any atom is -0.504 e. The van der Waals surface area contributed by atoms with E-state index >= 15 is 0 Å². The van der Waals surface area contributed by atoms with Gasteiger partial charge in [-0.15, -0.1) is 0 Å². The molecule has 5 atom stereocenters. The largest absolute Gasteiger partial charge is 0.504 e.